The molecule has 1 aromatic carbocycles. The summed E-state index contributed by atoms with van der Waals surface area (Å²) in [5.41, 5.74) is 4.53. The van der Waals surface area contributed by atoms with Crippen LogP contribution < -0.4 is 10.7 Å². The van der Waals surface area contributed by atoms with E-state index in [4.69, 9.17) is 16.2 Å². The Labute approximate surface area is 161 Å². The zero-order valence-electron chi connectivity index (χ0n) is 16.4. The van der Waals surface area contributed by atoms with Gasteiger partial charge in [-0.2, -0.15) is 0 Å². The fourth-order valence-corrected chi connectivity index (χ4v) is 4.63. The lowest BCUT2D eigenvalue weighted by atomic mass is 9.75. The summed E-state index contributed by atoms with van der Waals surface area (Å²) in [5.74, 6) is 7.11. The Bertz CT molecular complexity index is 836. The molecule has 0 aromatic heterocycles. The highest BCUT2D eigenvalue weighted by Gasteiger charge is 2.56. The van der Waals surface area contributed by atoms with Crippen molar-refractivity contribution in [3.05, 3.63) is 53.9 Å². The molecule has 0 radical (unpaired) electrons. The molecule has 0 saturated carbocycles. The van der Waals surface area contributed by atoms with Crippen molar-refractivity contribution in [2.75, 3.05) is 4.90 Å². The number of hydrogen-bond acceptors (Lipinski definition) is 5. The second-order valence-electron chi connectivity index (χ2n) is 7.95. The van der Waals surface area contributed by atoms with Gasteiger partial charge in [0.25, 0.3) is 0 Å². The summed E-state index contributed by atoms with van der Waals surface area (Å²) in [5, 5.41) is 10.5. The van der Waals surface area contributed by atoms with Gasteiger partial charge in [-0.05, 0) is 30.9 Å². The van der Waals surface area contributed by atoms with Crippen molar-refractivity contribution in [3.8, 4) is 0 Å². The molecule has 142 valence electrons. The van der Waals surface area contributed by atoms with Crippen LogP contribution in [0.1, 0.15) is 46.5 Å². The fraction of sp³-hybridized carbons (Fsp3) is 0.455. The van der Waals surface area contributed by atoms with Gasteiger partial charge >= 0.3 is 0 Å². The maximum Gasteiger partial charge on any atom is 0.124 e. The van der Waals surface area contributed by atoms with Gasteiger partial charge in [-0.3, -0.25) is 10.8 Å². The first-order valence-corrected chi connectivity index (χ1v) is 9.96. The topological polar surface area (TPSA) is 68.7 Å². The Kier molecular flexibility index (Phi) is 4.52. The molecule has 0 amide bonds. The van der Waals surface area contributed by atoms with E-state index in [0.29, 0.717) is 18.1 Å². The predicted molar refractivity (Wildman–Crippen MR) is 112 cm³/mol. The smallest absolute Gasteiger partial charge is 0.124 e. The van der Waals surface area contributed by atoms with Gasteiger partial charge in [-0.1, -0.05) is 57.5 Å². The zero-order chi connectivity index (χ0) is 19.2. The van der Waals surface area contributed by atoms with Crippen LogP contribution in [0, 0.1) is 11.3 Å². The van der Waals surface area contributed by atoms with Crippen LogP contribution in [0.15, 0.2) is 58.9 Å². The van der Waals surface area contributed by atoms with Crippen molar-refractivity contribution in [2.45, 2.75) is 58.2 Å². The molecule has 4 rings (SSSR count). The highest BCUT2D eigenvalue weighted by atomic mass is 15.5. The number of benzene rings is 1. The zero-order valence-corrected chi connectivity index (χ0v) is 16.4. The number of aliphatic imine (C=N–C) groups is 1. The van der Waals surface area contributed by atoms with Crippen molar-refractivity contribution in [1.29, 1.82) is 5.41 Å². The number of hydrazine groups is 1. The molecule has 27 heavy (non-hydrogen) atoms. The highest BCUT2D eigenvalue weighted by molar-refractivity contribution is 6.47. The monoisotopic (exact) mass is 363 g/mol. The summed E-state index contributed by atoms with van der Waals surface area (Å²) in [6, 6.07) is 10.5. The van der Waals surface area contributed by atoms with Crippen LogP contribution in [-0.2, 0) is 0 Å². The highest BCUT2D eigenvalue weighted by Crippen LogP contribution is 2.48. The third-order valence-corrected chi connectivity index (χ3v) is 5.90. The van der Waals surface area contributed by atoms with Crippen LogP contribution in [-0.4, -0.2) is 28.1 Å². The van der Waals surface area contributed by atoms with Gasteiger partial charge in [-0.25, -0.2) is 5.01 Å². The molecular weight excluding hydrogens is 334 g/mol. The summed E-state index contributed by atoms with van der Waals surface area (Å²) >= 11 is 0. The van der Waals surface area contributed by atoms with Crippen molar-refractivity contribution < 1.29 is 0 Å². The van der Waals surface area contributed by atoms with Crippen LogP contribution in [0.5, 0.6) is 0 Å². The molecule has 1 spiro atoms. The lowest BCUT2D eigenvalue weighted by Gasteiger charge is -2.50. The van der Waals surface area contributed by atoms with Gasteiger partial charge < -0.3 is 10.3 Å². The van der Waals surface area contributed by atoms with Crippen molar-refractivity contribution in [3.63, 3.8) is 0 Å². The van der Waals surface area contributed by atoms with Gasteiger partial charge in [0.1, 0.15) is 11.7 Å². The van der Waals surface area contributed by atoms with E-state index < -0.39 is 5.54 Å². The fourth-order valence-electron chi connectivity index (χ4n) is 4.63. The predicted octanol–water partition coefficient (Wildman–Crippen LogP) is 4.24. The van der Waals surface area contributed by atoms with Crippen LogP contribution in [0.3, 0.4) is 0 Å². The average molecular weight is 364 g/mol. The minimum Gasteiger partial charge on any atom is -0.316 e. The van der Waals surface area contributed by atoms with Gasteiger partial charge in [0, 0.05) is 23.5 Å². The maximum absolute atomic E-state index is 8.55. The molecule has 3 N–H and O–H groups in total. The number of nitrogens with one attached hydrogen (secondary N) is 1. The molecule has 3 aliphatic rings. The second-order valence-corrected chi connectivity index (χ2v) is 7.95. The largest absolute Gasteiger partial charge is 0.316 e. The van der Waals surface area contributed by atoms with E-state index in [9.17, 15) is 0 Å². The third-order valence-electron chi connectivity index (χ3n) is 5.90. The molecular formula is C22H29N5. The van der Waals surface area contributed by atoms with Crippen LogP contribution >= 0.6 is 0 Å². The Hall–Kier alpha value is -2.24. The molecule has 0 bridgehead atoms. The van der Waals surface area contributed by atoms with E-state index >= 15 is 0 Å². The minimum atomic E-state index is -0.524. The molecule has 0 saturated heterocycles. The number of nitrogens with two attached hydrogens (primary N) is 1. The van der Waals surface area contributed by atoms with E-state index in [1.165, 1.54) is 5.70 Å². The summed E-state index contributed by atoms with van der Waals surface area (Å²) in [6.07, 6.45) is 7.75. The molecule has 2 aliphatic heterocycles. The van der Waals surface area contributed by atoms with E-state index in [1.54, 1.807) is 0 Å². The molecule has 5 nitrogen and oxygen atoms in total. The number of hydrogen-bond donors (Lipinski definition) is 2. The average Bonchev–Trinajstić information content (AvgIpc) is 2.95. The standard InChI is InChI=1S/C22H29N5/c1-4-8-20-25-21-17(23)11-12-19-22(21,27(20)24)14-13-18(15(2)3)26(19)16-9-6-5-7-10-16/h5-7,9-10,12-13,15,20,23H,4,8,11,14,24H2,1-3H3. The van der Waals surface area contributed by atoms with E-state index in [2.05, 4.69) is 62.1 Å². The Balaban J connectivity index is 1.90. The number of allylic oxidation sites excluding steroid dienone is 2. The van der Waals surface area contributed by atoms with Gasteiger partial charge in [-0.15, -0.1) is 0 Å². The minimum absolute atomic E-state index is 0.0570. The molecule has 0 fully saturated rings. The lowest BCUT2D eigenvalue weighted by molar-refractivity contribution is 0.134. The molecule has 1 aliphatic carbocycles. The van der Waals surface area contributed by atoms with Gasteiger partial charge in [0.2, 0.25) is 0 Å². The van der Waals surface area contributed by atoms with Crippen molar-refractivity contribution in [1.82, 2.24) is 5.01 Å². The lowest BCUT2D eigenvalue weighted by Crippen LogP contribution is -2.64. The molecule has 2 unspecified atom stereocenters. The number of nitrogens with zero attached hydrogens (tertiary/aromatic N) is 3. The third kappa shape index (κ3) is 2.60. The van der Waals surface area contributed by atoms with E-state index in [0.717, 1.165) is 36.4 Å². The molecule has 5 heteroatoms. The van der Waals surface area contributed by atoms with Gasteiger partial charge in [0.15, 0.2) is 0 Å². The number of anilines is 1. The Morgan fingerprint density at radius 1 is 1.26 bits per heavy atom. The number of rotatable bonds is 4. The molecule has 2 atom stereocenters. The summed E-state index contributed by atoms with van der Waals surface area (Å²) in [6.45, 7) is 6.62. The first-order valence-electron chi connectivity index (χ1n) is 9.96. The molecule has 2 heterocycles. The van der Waals surface area contributed by atoms with Crippen molar-refractivity contribution >= 4 is 17.1 Å². The quantitative estimate of drug-likeness (QED) is 0.786. The molecule has 1 aromatic rings. The van der Waals surface area contributed by atoms with Gasteiger partial charge in [0.05, 0.1) is 11.4 Å². The number of para-hydroxylation sites is 1. The van der Waals surface area contributed by atoms with E-state index in [1.807, 2.05) is 11.1 Å². The van der Waals surface area contributed by atoms with Crippen LogP contribution in [0.2, 0.25) is 0 Å². The first-order chi connectivity index (χ1) is 13.0. The SMILES string of the molecule is CCCC1N=C2C(=N)CC=C3N(c4ccccc4)C(C(C)C)=CCC32N1N. The van der Waals surface area contributed by atoms with Crippen LogP contribution in [0.25, 0.3) is 0 Å². The Morgan fingerprint density at radius 2 is 2.00 bits per heavy atom. The van der Waals surface area contributed by atoms with E-state index in [-0.39, 0.29) is 6.17 Å². The van der Waals surface area contributed by atoms with Crippen molar-refractivity contribution in [2.24, 2.45) is 16.8 Å². The first kappa shape index (κ1) is 18.1. The maximum atomic E-state index is 8.55. The normalized spacial score (nSPS) is 27.9. The van der Waals surface area contributed by atoms with Crippen LogP contribution in [0.4, 0.5) is 5.69 Å². The summed E-state index contributed by atoms with van der Waals surface area (Å²) in [4.78, 5) is 7.28. The second kappa shape index (κ2) is 6.73. The Morgan fingerprint density at radius 3 is 2.67 bits per heavy atom. The summed E-state index contributed by atoms with van der Waals surface area (Å²) < 4.78 is 0. The summed E-state index contributed by atoms with van der Waals surface area (Å²) in [7, 11) is 0.